The summed E-state index contributed by atoms with van der Waals surface area (Å²) in [6.45, 7) is -3.19. The van der Waals surface area contributed by atoms with E-state index in [4.69, 9.17) is 99.5 Å². The van der Waals surface area contributed by atoms with Crippen molar-refractivity contribution in [2.24, 2.45) is 0 Å². The van der Waals surface area contributed by atoms with Gasteiger partial charge in [0.1, 0.15) is 250 Å². The molecule has 33 N–H and O–H groups in total. The molecule has 59 heteroatoms. The van der Waals surface area contributed by atoms with E-state index in [1.165, 1.54) is 13.8 Å². The number of carbonyl (C=O) groups excluding carboxylic acids is 4. The first-order valence-corrected chi connectivity index (χ1v) is 42.4. The summed E-state index contributed by atoms with van der Waals surface area (Å²) < 4.78 is 126. The van der Waals surface area contributed by atoms with Crippen molar-refractivity contribution in [2.75, 3.05) is 52.9 Å². The van der Waals surface area contributed by atoms with Crippen LogP contribution in [-0.4, -0.2) is 568 Å². The molecule has 0 saturated carbocycles. The molecule has 11 rings (SSSR count). The lowest BCUT2D eigenvalue weighted by Gasteiger charge is -2.53. The molecule has 0 aromatic heterocycles. The molecular weight excluding hydrogens is 1820 g/mol. The summed E-state index contributed by atoms with van der Waals surface area (Å²) in [7, 11) is 0. The minimum atomic E-state index is -2.63. The third-order valence-corrected chi connectivity index (χ3v) is 24.5. The Kier molecular flexibility index (Phi) is 38.3. The number of carboxylic acid groups (broad SMARTS) is 1. The Bertz CT molecular complexity index is 3700. The standard InChI is InChI=1S/C74H122N4O55/c1-15-33(89)42(98)48(104)68(115-15)114-14-28-55(40(96)29(64(112)117-28)75-17(3)85)125-65-30(76-18(4)86)41(97)54(25(11-83)122-65)126-73-53(109)60(39(95)27(124-73)13-113-69-49(105)44(100)35(91)21(7-79)119-69)131-74-62(46(102)36(92)22(8-80)121-74)133-67-32(78-20(6)88)58(129-70-50(106)43(99)34(90)16(2)116-70)56(26(12-84)123-67)127-66-31(77-19(5)87)57(37(93)23(9-81)118-66)128-72-52(108)59(38(94)24(10-82)120-72)130-71-51(107)45(101)47(103)61(132-71)63(110)111/h15-16,21-62,64-74,79-84,89-109,112H,7-14H2,1-6H3,(H,75,85)(H,76,86)(H,77,87)(H,78,88)(H,110,111)/t15-,16-,21+,22+,23+,24+,25+,26+,27+,28+,29+,30+,31+,32+,33+,34+,35+,36+,37-,38-,39+,40+,41+,42+,43+,44-,45-,46-,47-,48-,49-,50-,51+,52+,53-,54+,55+,56+,57+,58+,59-,60-,61-,62-,64+,65-,66-,67-,68+,69-,70-,71+,72-,73-,74+/m0/s1. The highest BCUT2D eigenvalue weighted by Gasteiger charge is 2.63. The van der Waals surface area contributed by atoms with Gasteiger partial charge in [-0.2, -0.15) is 0 Å². The molecule has 133 heavy (non-hydrogen) atoms. The molecule has 0 spiro atoms. The van der Waals surface area contributed by atoms with E-state index in [0.29, 0.717) is 0 Å². The second-order valence-electron chi connectivity index (χ2n) is 33.8. The largest absolute Gasteiger partial charge is 0.479 e. The molecule has 55 atom stereocenters. The molecule has 0 radical (unpaired) electrons. The second-order valence-corrected chi connectivity index (χ2v) is 33.8. The first-order chi connectivity index (χ1) is 62.7. The minimum absolute atomic E-state index is 0.847. The third-order valence-electron chi connectivity index (χ3n) is 24.5. The normalized spacial score (nSPS) is 50.0. The van der Waals surface area contributed by atoms with Crippen LogP contribution in [0.4, 0.5) is 0 Å². The van der Waals surface area contributed by atoms with Crippen molar-refractivity contribution >= 4 is 29.6 Å². The molecule has 59 nitrogen and oxygen atoms in total. The Morgan fingerprint density at radius 3 is 1.05 bits per heavy atom. The predicted molar refractivity (Wildman–Crippen MR) is 406 cm³/mol. The number of aliphatic hydroxyl groups is 28. The molecule has 11 aliphatic heterocycles. The summed E-state index contributed by atoms with van der Waals surface area (Å²) >= 11 is 0. The van der Waals surface area contributed by atoms with Gasteiger partial charge in [-0.05, 0) is 13.8 Å². The summed E-state index contributed by atoms with van der Waals surface area (Å²) in [5.74, 6) is -5.89. The van der Waals surface area contributed by atoms with Gasteiger partial charge in [-0.3, -0.25) is 19.2 Å². The van der Waals surface area contributed by atoms with Crippen molar-refractivity contribution in [1.29, 1.82) is 0 Å². The second kappa shape index (κ2) is 46.9. The van der Waals surface area contributed by atoms with Gasteiger partial charge in [0, 0.05) is 27.7 Å². The topological polar surface area (TPSA) is 914 Å². The van der Waals surface area contributed by atoms with E-state index < -0.39 is 420 Å². The van der Waals surface area contributed by atoms with Crippen LogP contribution >= 0.6 is 0 Å². The number of rotatable bonds is 33. The number of aliphatic hydroxyl groups excluding tert-OH is 28. The van der Waals surface area contributed by atoms with E-state index >= 15 is 0 Å². The lowest BCUT2D eigenvalue weighted by Crippen LogP contribution is -2.72. The molecule has 0 aliphatic carbocycles. The molecular formula is C74H122N4O55. The van der Waals surface area contributed by atoms with E-state index in [1.807, 2.05) is 0 Å². The number of carboxylic acids is 1. The molecule has 11 fully saturated rings. The lowest BCUT2D eigenvalue weighted by molar-refractivity contribution is -0.402. The SMILES string of the molecule is CC(=O)N[C@@H]1[C@@H](O)[C@H](O[C@@H]2O[C@H](CO)[C@@H](O[C@@H]3O[C@H](CO[C@H]4O[C@H](CO)[C@@H](O)[C@H](O)[C@@H]4O)[C@@H](O)[C@H](O[C@H]4O[C@H](CO)[C@@H](O)[C@H](O)[C@@H]4O[C@@H]4O[C@H](CO)[C@@H](O[C@@H]5O[C@H](CO)[C@H](O)[C@H](O[C@@H]6O[C@H](CO)[C@H](O)[C@H](O[C@@H]7O[C@H](C(=O)O)[C@@H](O)[C@H](O)[C@H]7O)[C@H]6O)[C@H]5NC(C)=O)[C@H](O[C@@H]5O[C@@H](C)[C@@H](O)[C@@H](O)[C@@H]5O)[C@H]4NC(C)=O)[C@@H]3O)[C@H](O)[C@H]2NC(C)=O)[C@@H](CO[C@@H]2O[C@@H](C)[C@@H](O)[C@@H](O)[C@@H]2O)O[C@H]1O. The van der Waals surface area contributed by atoms with Crippen molar-refractivity contribution < 1.29 is 272 Å². The maximum absolute atomic E-state index is 13.9. The zero-order valence-electron chi connectivity index (χ0n) is 71.5. The number of hydrogen-bond acceptors (Lipinski definition) is 54. The summed E-state index contributed by atoms with van der Waals surface area (Å²) in [6, 6.07) is -8.08. The maximum Gasteiger partial charge on any atom is 0.335 e. The van der Waals surface area contributed by atoms with Crippen LogP contribution in [0.5, 0.6) is 0 Å². The number of aliphatic carboxylic acids is 1. The van der Waals surface area contributed by atoms with Gasteiger partial charge in [-0.25, -0.2) is 4.79 Å². The number of ether oxygens (including phenoxy) is 21. The summed E-state index contributed by atoms with van der Waals surface area (Å²) in [5.41, 5.74) is 0. The fourth-order valence-corrected chi connectivity index (χ4v) is 17.2. The van der Waals surface area contributed by atoms with E-state index in [0.717, 1.165) is 27.7 Å². The van der Waals surface area contributed by atoms with E-state index in [1.54, 1.807) is 0 Å². The molecule has 4 amide bonds. The Morgan fingerprint density at radius 2 is 0.534 bits per heavy atom. The fraction of sp³-hybridized carbons (Fsp3) is 0.932. The zero-order chi connectivity index (χ0) is 98.0. The fourth-order valence-electron chi connectivity index (χ4n) is 17.2. The van der Waals surface area contributed by atoms with Crippen molar-refractivity contribution in [2.45, 2.75) is 379 Å². The minimum Gasteiger partial charge on any atom is -0.479 e. The van der Waals surface area contributed by atoms with Gasteiger partial charge in [-0.15, -0.1) is 0 Å². The number of carbonyl (C=O) groups is 5. The van der Waals surface area contributed by atoms with E-state index in [-0.39, 0.29) is 0 Å². The van der Waals surface area contributed by atoms with Crippen molar-refractivity contribution in [3.8, 4) is 0 Å². The Balaban J connectivity index is 0.923. The highest BCUT2D eigenvalue weighted by molar-refractivity contribution is 5.75. The third kappa shape index (κ3) is 23.9. The van der Waals surface area contributed by atoms with Crippen LogP contribution in [0.15, 0.2) is 0 Å². The molecule has 0 aromatic rings. The summed E-state index contributed by atoms with van der Waals surface area (Å²) in [4.78, 5) is 65.1. The average molecular weight is 1950 g/mol. The summed E-state index contributed by atoms with van der Waals surface area (Å²) in [6.07, 6.45) is -110. The van der Waals surface area contributed by atoms with Crippen LogP contribution in [0, 0.1) is 0 Å². The van der Waals surface area contributed by atoms with Gasteiger partial charge in [-0.1, -0.05) is 0 Å². The highest BCUT2D eigenvalue weighted by Crippen LogP contribution is 2.42. The van der Waals surface area contributed by atoms with Crippen molar-refractivity contribution in [3.63, 3.8) is 0 Å². The van der Waals surface area contributed by atoms with Crippen LogP contribution < -0.4 is 21.3 Å². The highest BCUT2D eigenvalue weighted by atomic mass is 16.8. The van der Waals surface area contributed by atoms with Gasteiger partial charge < -0.3 is 269 Å². The average Bonchev–Trinajstić information content (AvgIpc) is 0.760. The number of hydrogen-bond donors (Lipinski definition) is 33. The summed E-state index contributed by atoms with van der Waals surface area (Å²) in [5, 5.41) is 334. The smallest absolute Gasteiger partial charge is 0.335 e. The zero-order valence-corrected chi connectivity index (χ0v) is 71.5. The lowest BCUT2D eigenvalue weighted by atomic mass is 9.93. The Morgan fingerprint density at radius 1 is 0.233 bits per heavy atom. The van der Waals surface area contributed by atoms with Crippen LogP contribution in [0.25, 0.3) is 0 Å². The van der Waals surface area contributed by atoms with Gasteiger partial charge >= 0.3 is 5.97 Å². The van der Waals surface area contributed by atoms with Crippen molar-refractivity contribution in [3.05, 3.63) is 0 Å². The van der Waals surface area contributed by atoms with E-state index in [2.05, 4.69) is 21.3 Å². The van der Waals surface area contributed by atoms with Crippen LogP contribution in [0.2, 0.25) is 0 Å². The predicted octanol–water partition coefficient (Wildman–Crippen LogP) is -22.3. The van der Waals surface area contributed by atoms with Gasteiger partial charge in [0.2, 0.25) is 23.6 Å². The molecule has 0 unspecified atom stereocenters. The molecule has 0 aromatic carbocycles. The first kappa shape index (κ1) is 109. The number of nitrogens with one attached hydrogen (secondary N) is 4. The van der Waals surface area contributed by atoms with Gasteiger partial charge in [0.15, 0.2) is 75.3 Å². The van der Waals surface area contributed by atoms with Gasteiger partial charge in [0.25, 0.3) is 0 Å². The molecule has 11 aliphatic rings. The van der Waals surface area contributed by atoms with Crippen LogP contribution in [0.3, 0.4) is 0 Å². The Labute approximate surface area is 752 Å². The maximum atomic E-state index is 13.9. The Hall–Kier alpha value is -4.61. The van der Waals surface area contributed by atoms with Crippen LogP contribution in [0.1, 0.15) is 41.5 Å². The van der Waals surface area contributed by atoms with Gasteiger partial charge in [0.05, 0.1) is 65.1 Å². The molecule has 11 heterocycles. The monoisotopic (exact) mass is 1950 g/mol. The van der Waals surface area contributed by atoms with Crippen molar-refractivity contribution in [1.82, 2.24) is 21.3 Å². The first-order valence-electron chi connectivity index (χ1n) is 42.4. The quantitative estimate of drug-likeness (QED) is 0.0290. The van der Waals surface area contributed by atoms with E-state index in [9.17, 15) is 172 Å². The number of amides is 4. The molecule has 768 valence electrons. The van der Waals surface area contributed by atoms with Crippen LogP contribution in [-0.2, 0) is 123 Å². The molecule has 11 saturated heterocycles. The molecule has 0 bridgehead atoms.